The summed E-state index contributed by atoms with van der Waals surface area (Å²) in [7, 11) is 1.64. The smallest absolute Gasteiger partial charge is 0.192 e. The van der Waals surface area contributed by atoms with Gasteiger partial charge in [0.25, 0.3) is 0 Å². The molecule has 158 valence electrons. The van der Waals surface area contributed by atoms with Crippen molar-refractivity contribution in [2.24, 2.45) is 0 Å². The maximum Gasteiger partial charge on any atom is 0.192 e. The van der Waals surface area contributed by atoms with Crippen molar-refractivity contribution in [3.05, 3.63) is 54.1 Å². The molecule has 1 heterocycles. The molecule has 0 fully saturated rings. The lowest BCUT2D eigenvalue weighted by molar-refractivity contribution is 0.0993. The fraction of sp³-hybridized carbons (Fsp3) is 0.348. The molecule has 0 aliphatic heterocycles. The highest BCUT2D eigenvalue weighted by molar-refractivity contribution is 8.00. The van der Waals surface area contributed by atoms with Crippen LogP contribution in [0.25, 0.3) is 11.4 Å². The zero-order valence-electron chi connectivity index (χ0n) is 18.0. The second kappa shape index (κ2) is 9.80. The molecule has 3 aromatic rings. The average Bonchev–Trinajstić information content (AvgIpc) is 3.17. The van der Waals surface area contributed by atoms with Crippen molar-refractivity contribution in [1.29, 1.82) is 0 Å². The number of carbonyl (C=O) groups is 1. The minimum absolute atomic E-state index is 0.0485. The summed E-state index contributed by atoms with van der Waals surface area (Å²) < 4.78 is 12.8. The molecule has 0 spiro atoms. The SMILES string of the molecule is CCOc1ccc(C(=O)[C@@H](C)Sc2nnc(-c3ccc(OC)cc3)n2C(C)C)cc1. The summed E-state index contributed by atoms with van der Waals surface area (Å²) in [6.45, 7) is 8.60. The zero-order chi connectivity index (χ0) is 21.7. The number of thioether (sulfide) groups is 1. The summed E-state index contributed by atoms with van der Waals surface area (Å²) in [6.07, 6.45) is 0. The van der Waals surface area contributed by atoms with Crippen molar-refractivity contribution < 1.29 is 14.3 Å². The van der Waals surface area contributed by atoms with E-state index in [0.717, 1.165) is 28.0 Å². The van der Waals surface area contributed by atoms with E-state index in [1.807, 2.05) is 50.2 Å². The molecule has 0 N–H and O–H groups in total. The summed E-state index contributed by atoms with van der Waals surface area (Å²) in [6, 6.07) is 15.1. The van der Waals surface area contributed by atoms with E-state index < -0.39 is 0 Å². The number of rotatable bonds is 9. The van der Waals surface area contributed by atoms with E-state index in [1.165, 1.54) is 11.8 Å². The summed E-state index contributed by atoms with van der Waals surface area (Å²) in [5.74, 6) is 2.37. The Hall–Kier alpha value is -2.80. The van der Waals surface area contributed by atoms with Crippen LogP contribution in [0, 0.1) is 0 Å². The molecule has 0 saturated carbocycles. The molecule has 1 aromatic heterocycles. The number of methoxy groups -OCH3 is 1. The van der Waals surface area contributed by atoms with Gasteiger partial charge in [0.15, 0.2) is 16.8 Å². The van der Waals surface area contributed by atoms with Gasteiger partial charge in [-0.25, -0.2) is 0 Å². The van der Waals surface area contributed by atoms with Gasteiger partial charge < -0.3 is 9.47 Å². The van der Waals surface area contributed by atoms with Crippen LogP contribution in [0.2, 0.25) is 0 Å². The molecule has 0 amide bonds. The molecular formula is C23H27N3O3S. The molecule has 6 nitrogen and oxygen atoms in total. The quantitative estimate of drug-likeness (QED) is 0.342. The van der Waals surface area contributed by atoms with E-state index in [1.54, 1.807) is 19.2 Å². The average molecular weight is 426 g/mol. The first-order chi connectivity index (χ1) is 14.4. The van der Waals surface area contributed by atoms with Crippen LogP contribution in [0.3, 0.4) is 0 Å². The Kier molecular flexibility index (Phi) is 7.15. The van der Waals surface area contributed by atoms with E-state index >= 15 is 0 Å². The van der Waals surface area contributed by atoms with Gasteiger partial charge in [-0.2, -0.15) is 0 Å². The topological polar surface area (TPSA) is 66.2 Å². The summed E-state index contributed by atoms with van der Waals surface area (Å²) in [5, 5.41) is 9.21. The van der Waals surface area contributed by atoms with Crippen LogP contribution < -0.4 is 9.47 Å². The van der Waals surface area contributed by atoms with Gasteiger partial charge in [0.1, 0.15) is 11.5 Å². The number of nitrogens with zero attached hydrogens (tertiary/aromatic N) is 3. The Morgan fingerprint density at radius 1 is 1.00 bits per heavy atom. The predicted octanol–water partition coefficient (Wildman–Crippen LogP) is 5.30. The Morgan fingerprint density at radius 3 is 2.20 bits per heavy atom. The van der Waals surface area contributed by atoms with Crippen LogP contribution in [-0.4, -0.2) is 39.5 Å². The van der Waals surface area contributed by atoms with Crippen LogP contribution in [0.4, 0.5) is 0 Å². The lowest BCUT2D eigenvalue weighted by Crippen LogP contribution is -2.15. The number of hydrogen-bond acceptors (Lipinski definition) is 6. The minimum atomic E-state index is -0.298. The first-order valence-corrected chi connectivity index (χ1v) is 10.9. The van der Waals surface area contributed by atoms with Gasteiger partial charge in [-0.15, -0.1) is 10.2 Å². The largest absolute Gasteiger partial charge is 0.497 e. The third-order valence-corrected chi connectivity index (χ3v) is 5.69. The van der Waals surface area contributed by atoms with Crippen molar-refractivity contribution in [1.82, 2.24) is 14.8 Å². The molecule has 0 bridgehead atoms. The third kappa shape index (κ3) is 4.84. The Balaban J connectivity index is 1.81. The zero-order valence-corrected chi connectivity index (χ0v) is 18.8. The molecule has 2 aromatic carbocycles. The van der Waals surface area contributed by atoms with Crippen LogP contribution in [-0.2, 0) is 0 Å². The molecule has 0 radical (unpaired) electrons. The number of aromatic nitrogens is 3. The normalized spacial score (nSPS) is 12.1. The van der Waals surface area contributed by atoms with E-state index in [0.29, 0.717) is 12.2 Å². The number of ether oxygens (including phenoxy) is 2. The Labute approximate surface area is 181 Å². The van der Waals surface area contributed by atoms with E-state index in [4.69, 9.17) is 9.47 Å². The molecule has 3 rings (SSSR count). The van der Waals surface area contributed by atoms with Gasteiger partial charge >= 0.3 is 0 Å². The monoisotopic (exact) mass is 425 g/mol. The van der Waals surface area contributed by atoms with Crippen molar-refractivity contribution in [2.75, 3.05) is 13.7 Å². The Morgan fingerprint density at radius 2 is 1.63 bits per heavy atom. The molecule has 7 heteroatoms. The summed E-state index contributed by atoms with van der Waals surface area (Å²) >= 11 is 1.42. The van der Waals surface area contributed by atoms with Crippen molar-refractivity contribution in [3.8, 4) is 22.9 Å². The van der Waals surface area contributed by atoms with Gasteiger partial charge in [-0.05, 0) is 76.2 Å². The van der Waals surface area contributed by atoms with Gasteiger partial charge in [-0.3, -0.25) is 9.36 Å². The molecule has 1 atom stereocenters. The maximum atomic E-state index is 12.9. The molecule has 30 heavy (non-hydrogen) atoms. The van der Waals surface area contributed by atoms with Crippen LogP contribution in [0.1, 0.15) is 44.1 Å². The van der Waals surface area contributed by atoms with E-state index in [9.17, 15) is 4.79 Å². The van der Waals surface area contributed by atoms with Crippen molar-refractivity contribution >= 4 is 17.5 Å². The second-order valence-electron chi connectivity index (χ2n) is 7.08. The van der Waals surface area contributed by atoms with Crippen molar-refractivity contribution in [3.63, 3.8) is 0 Å². The molecule has 0 aliphatic carbocycles. The fourth-order valence-electron chi connectivity index (χ4n) is 3.09. The highest BCUT2D eigenvalue weighted by Gasteiger charge is 2.23. The van der Waals surface area contributed by atoms with E-state index in [2.05, 4.69) is 28.6 Å². The molecular weight excluding hydrogens is 398 g/mol. The maximum absolute atomic E-state index is 12.9. The number of ketones is 1. The van der Waals surface area contributed by atoms with Crippen LogP contribution in [0.15, 0.2) is 53.7 Å². The highest BCUT2D eigenvalue weighted by atomic mass is 32.2. The molecule has 0 aliphatic rings. The highest BCUT2D eigenvalue weighted by Crippen LogP contribution is 2.31. The summed E-state index contributed by atoms with van der Waals surface area (Å²) in [4.78, 5) is 12.9. The second-order valence-corrected chi connectivity index (χ2v) is 8.39. The number of carbonyl (C=O) groups excluding carboxylic acids is 1. The van der Waals surface area contributed by atoms with Gasteiger partial charge in [0.05, 0.1) is 19.0 Å². The van der Waals surface area contributed by atoms with Crippen LogP contribution in [0.5, 0.6) is 11.5 Å². The number of Topliss-reactive ketones (excluding diaryl/α,β-unsaturated/α-hetero) is 1. The number of hydrogen-bond donors (Lipinski definition) is 0. The molecule has 0 unspecified atom stereocenters. The fourth-order valence-corrected chi connectivity index (χ4v) is 4.15. The third-order valence-electron chi connectivity index (χ3n) is 4.63. The lowest BCUT2D eigenvalue weighted by Gasteiger charge is -2.16. The van der Waals surface area contributed by atoms with Gasteiger partial charge in [0, 0.05) is 17.2 Å². The minimum Gasteiger partial charge on any atom is -0.497 e. The predicted molar refractivity (Wildman–Crippen MR) is 120 cm³/mol. The molecule has 0 saturated heterocycles. The van der Waals surface area contributed by atoms with Crippen molar-refractivity contribution in [2.45, 2.75) is 44.1 Å². The van der Waals surface area contributed by atoms with Gasteiger partial charge in [-0.1, -0.05) is 11.8 Å². The first-order valence-electron chi connectivity index (χ1n) is 9.97. The standard InChI is InChI=1S/C23H27N3O3S/c1-6-29-20-13-7-17(8-14-20)21(27)16(4)30-23-25-24-22(26(23)15(2)3)18-9-11-19(28-5)12-10-18/h7-16H,6H2,1-5H3/t16-/m1/s1. The van der Waals surface area contributed by atoms with Gasteiger partial charge in [0.2, 0.25) is 0 Å². The number of benzene rings is 2. The van der Waals surface area contributed by atoms with E-state index in [-0.39, 0.29) is 17.1 Å². The lowest BCUT2D eigenvalue weighted by atomic mass is 10.1. The first kappa shape index (κ1) is 21.9. The Bertz CT molecular complexity index is 982. The summed E-state index contributed by atoms with van der Waals surface area (Å²) in [5.41, 5.74) is 1.61. The van der Waals surface area contributed by atoms with Crippen LogP contribution >= 0.6 is 11.8 Å².